The summed E-state index contributed by atoms with van der Waals surface area (Å²) in [5.41, 5.74) is 6.47. The molecule has 6 amide bonds. The summed E-state index contributed by atoms with van der Waals surface area (Å²) in [5.74, 6) is -1.93. The first kappa shape index (κ1) is 54.5. The summed E-state index contributed by atoms with van der Waals surface area (Å²) >= 11 is 1.37. The van der Waals surface area contributed by atoms with Crippen LogP contribution in [-0.4, -0.2) is 124 Å². The highest BCUT2D eigenvalue weighted by Crippen LogP contribution is 2.39. The van der Waals surface area contributed by atoms with Crippen molar-refractivity contribution in [2.75, 3.05) is 33.0 Å². The molecule has 390 valence electrons. The van der Waals surface area contributed by atoms with Gasteiger partial charge in [-0.2, -0.15) is 11.8 Å². The van der Waals surface area contributed by atoms with Crippen molar-refractivity contribution < 1.29 is 33.9 Å². The van der Waals surface area contributed by atoms with Gasteiger partial charge in [-0.1, -0.05) is 87.5 Å². The van der Waals surface area contributed by atoms with Crippen LogP contribution in [0.2, 0.25) is 0 Å². The van der Waals surface area contributed by atoms with Gasteiger partial charge in [0.1, 0.15) is 24.2 Å². The standard InChI is InChI=1S/C56H78N8O7S/c1-33(57-8)49(66)61-47(55(3,4)5)53(70)63-32-40(30-46(63)52(69)60-44-23-15-19-36-17-11-13-21-42(36)44)37-24-25-38-29-45(51(68)59-43-22-14-18-35-16-10-12-20-41(35)43)64(31-39(38)28-37)54(71)48(56(6,7)72-27-26-65)62-50(67)34(2)58-9/h10-13,16-17,20-21,24-25,28,33-34,40,43-48,57-58,65H,14-15,18-19,22-23,26-27,29-32H2,1-9H3,(H,59,68)(H,60,69)(H,61,66)(H,62,67). The first-order valence-electron chi connectivity index (χ1n) is 25.9. The maximum absolute atomic E-state index is 15.4. The van der Waals surface area contributed by atoms with E-state index in [1.807, 2.05) is 77.1 Å². The third-order valence-corrected chi connectivity index (χ3v) is 16.9. The van der Waals surface area contributed by atoms with Crippen LogP contribution < -0.4 is 31.9 Å². The van der Waals surface area contributed by atoms with E-state index in [0.29, 0.717) is 12.2 Å². The molecule has 7 rings (SSSR count). The zero-order valence-corrected chi connectivity index (χ0v) is 44.5. The number of rotatable bonds is 17. The molecule has 9 atom stereocenters. The molecule has 1 fully saturated rings. The molecule has 7 N–H and O–H groups in total. The Kier molecular flexibility index (Phi) is 17.6. The molecule has 0 radical (unpaired) electrons. The summed E-state index contributed by atoms with van der Waals surface area (Å²) in [7, 11) is 3.36. The molecular formula is C56H78N8O7S. The molecule has 0 bridgehead atoms. The van der Waals surface area contributed by atoms with Crippen molar-refractivity contribution in [2.24, 2.45) is 5.41 Å². The number of aryl methyl sites for hydroxylation is 2. The summed E-state index contributed by atoms with van der Waals surface area (Å²) in [4.78, 5) is 90.2. The highest BCUT2D eigenvalue weighted by atomic mass is 32.2. The number of carbonyl (C=O) groups is 6. The summed E-state index contributed by atoms with van der Waals surface area (Å²) in [5, 5.41) is 28.5. The van der Waals surface area contributed by atoms with Crippen molar-refractivity contribution in [3.8, 4) is 0 Å². The van der Waals surface area contributed by atoms with Gasteiger partial charge in [-0.05, 0) is 131 Å². The number of hydrogen-bond donors (Lipinski definition) is 7. The lowest BCUT2D eigenvalue weighted by atomic mass is 9.85. The largest absolute Gasteiger partial charge is 0.396 e. The molecule has 0 aromatic heterocycles. The lowest BCUT2D eigenvalue weighted by molar-refractivity contribution is -0.145. The topological polar surface area (TPSA) is 201 Å². The van der Waals surface area contributed by atoms with Crippen LogP contribution in [-0.2, 0) is 54.6 Å². The van der Waals surface area contributed by atoms with Gasteiger partial charge in [0.2, 0.25) is 35.4 Å². The minimum atomic E-state index is -1.06. The number of hydrogen-bond acceptors (Lipinski definition) is 10. The highest BCUT2D eigenvalue weighted by molar-refractivity contribution is 8.00. The molecule has 2 heterocycles. The third kappa shape index (κ3) is 12.2. The Bertz CT molecular complexity index is 2480. The summed E-state index contributed by atoms with van der Waals surface area (Å²) in [6.45, 7) is 13.1. The van der Waals surface area contributed by atoms with E-state index in [0.717, 1.165) is 66.3 Å². The van der Waals surface area contributed by atoms with Gasteiger partial charge in [-0.3, -0.25) is 28.8 Å². The maximum atomic E-state index is 15.4. The monoisotopic (exact) mass is 1010 g/mol. The van der Waals surface area contributed by atoms with Gasteiger partial charge < -0.3 is 46.8 Å². The number of nitrogens with one attached hydrogen (secondary N) is 6. The van der Waals surface area contributed by atoms with Gasteiger partial charge in [0.15, 0.2) is 0 Å². The van der Waals surface area contributed by atoms with Gasteiger partial charge in [0.05, 0.1) is 30.8 Å². The molecule has 9 unspecified atom stereocenters. The fourth-order valence-corrected chi connectivity index (χ4v) is 11.9. The van der Waals surface area contributed by atoms with Gasteiger partial charge in [-0.15, -0.1) is 0 Å². The van der Waals surface area contributed by atoms with Gasteiger partial charge in [-0.25, -0.2) is 0 Å². The number of aliphatic hydroxyl groups is 1. The second kappa shape index (κ2) is 23.3. The predicted molar refractivity (Wildman–Crippen MR) is 282 cm³/mol. The lowest BCUT2D eigenvalue weighted by Gasteiger charge is -2.42. The normalized spacial score (nSPS) is 22.5. The average molecular weight is 1010 g/mol. The van der Waals surface area contributed by atoms with E-state index in [9.17, 15) is 24.3 Å². The van der Waals surface area contributed by atoms with Crippen molar-refractivity contribution in [3.63, 3.8) is 0 Å². The molecule has 1 saturated heterocycles. The zero-order chi connectivity index (χ0) is 52.1. The van der Waals surface area contributed by atoms with Gasteiger partial charge in [0, 0.05) is 35.9 Å². The number of aliphatic hydroxyl groups excluding tert-OH is 1. The number of nitrogens with zero attached hydrogens (tertiary/aromatic N) is 2. The SMILES string of the molecule is CNC(C)C(=O)NC(C(=O)N1CC(c2ccc3c(c2)CN(C(=O)C(NC(=O)C(C)NC)C(C)(C)SCCO)C(C(=O)NC2CCCc4ccccc42)C3)CC1C(=O)NC1CCCc2ccccc21)C(C)(C)C. The summed E-state index contributed by atoms with van der Waals surface area (Å²) in [6.07, 6.45) is 5.79. The maximum Gasteiger partial charge on any atom is 0.247 e. The Labute approximate surface area is 430 Å². The van der Waals surface area contributed by atoms with Crippen LogP contribution >= 0.6 is 11.8 Å². The smallest absolute Gasteiger partial charge is 0.247 e. The van der Waals surface area contributed by atoms with E-state index >= 15 is 9.59 Å². The molecular weight excluding hydrogens is 929 g/mol. The average Bonchev–Trinajstić information content (AvgIpc) is 3.83. The first-order valence-corrected chi connectivity index (χ1v) is 26.9. The predicted octanol–water partition coefficient (Wildman–Crippen LogP) is 4.75. The Morgan fingerprint density at radius 1 is 0.681 bits per heavy atom. The number of likely N-dealkylation sites (tertiary alicyclic amines) is 1. The van der Waals surface area contributed by atoms with Crippen LogP contribution in [0.25, 0.3) is 0 Å². The van der Waals surface area contributed by atoms with E-state index in [2.05, 4.69) is 56.2 Å². The molecule has 4 aliphatic rings. The number of carbonyl (C=O) groups excluding carboxylic acids is 6. The minimum absolute atomic E-state index is 0.0677. The van der Waals surface area contributed by atoms with Crippen molar-refractivity contribution in [2.45, 2.75) is 165 Å². The van der Waals surface area contributed by atoms with Crippen molar-refractivity contribution in [3.05, 3.63) is 106 Å². The van der Waals surface area contributed by atoms with E-state index in [-0.39, 0.29) is 73.7 Å². The zero-order valence-electron chi connectivity index (χ0n) is 43.7. The molecule has 0 saturated carbocycles. The molecule has 0 spiro atoms. The molecule has 2 aliphatic heterocycles. The van der Waals surface area contributed by atoms with E-state index in [4.69, 9.17) is 0 Å². The molecule has 72 heavy (non-hydrogen) atoms. The van der Waals surface area contributed by atoms with E-state index in [1.165, 1.54) is 22.9 Å². The summed E-state index contributed by atoms with van der Waals surface area (Å²) in [6, 6.07) is 17.1. The molecule has 2 aliphatic carbocycles. The Morgan fingerprint density at radius 3 is 1.75 bits per heavy atom. The molecule has 15 nitrogen and oxygen atoms in total. The second-order valence-corrected chi connectivity index (χ2v) is 23.7. The van der Waals surface area contributed by atoms with Crippen LogP contribution in [0.1, 0.15) is 138 Å². The van der Waals surface area contributed by atoms with Crippen molar-refractivity contribution in [1.82, 2.24) is 41.7 Å². The number of thioether (sulfide) groups is 1. The van der Waals surface area contributed by atoms with Crippen molar-refractivity contribution >= 4 is 47.2 Å². The van der Waals surface area contributed by atoms with Crippen molar-refractivity contribution in [1.29, 1.82) is 0 Å². The quantitative estimate of drug-likeness (QED) is 0.0991. The Morgan fingerprint density at radius 2 is 1.21 bits per heavy atom. The Balaban J connectivity index is 1.24. The first-order chi connectivity index (χ1) is 34.3. The number of fused-ring (bicyclic) bond motifs is 3. The van der Waals surface area contributed by atoms with Crippen LogP contribution in [0.3, 0.4) is 0 Å². The highest BCUT2D eigenvalue weighted by Gasteiger charge is 2.48. The number of likely N-dealkylation sites (N-methyl/N-ethyl adjacent to an activating group) is 2. The third-order valence-electron chi connectivity index (χ3n) is 15.5. The summed E-state index contributed by atoms with van der Waals surface area (Å²) < 4.78 is -0.890. The second-order valence-electron chi connectivity index (χ2n) is 21.9. The fraction of sp³-hybridized carbons (Fsp3) is 0.571. The van der Waals surface area contributed by atoms with Crippen LogP contribution in [0.4, 0.5) is 0 Å². The fourth-order valence-electron chi connectivity index (χ4n) is 10.9. The van der Waals surface area contributed by atoms with E-state index in [1.54, 1.807) is 37.7 Å². The number of benzene rings is 3. The van der Waals surface area contributed by atoms with Crippen LogP contribution in [0.5, 0.6) is 0 Å². The molecule has 16 heteroatoms. The minimum Gasteiger partial charge on any atom is -0.396 e. The van der Waals surface area contributed by atoms with Gasteiger partial charge >= 0.3 is 0 Å². The Hall–Kier alpha value is -5.29. The molecule has 3 aromatic rings. The molecule has 3 aromatic carbocycles. The van der Waals surface area contributed by atoms with Gasteiger partial charge in [0.25, 0.3) is 0 Å². The lowest BCUT2D eigenvalue weighted by Crippen LogP contribution is -2.63. The van der Waals surface area contributed by atoms with E-state index < -0.39 is 52.3 Å². The van der Waals surface area contributed by atoms with Crippen LogP contribution in [0, 0.1) is 5.41 Å². The van der Waals surface area contributed by atoms with Crippen LogP contribution in [0.15, 0.2) is 66.7 Å². The number of amides is 6.